The molecule has 0 saturated carbocycles. The normalized spacial score (nSPS) is 10.5. The van der Waals surface area contributed by atoms with Gasteiger partial charge in [0, 0.05) is 32.3 Å². The number of carbonyl (C=O) groups is 2. The lowest BCUT2D eigenvalue weighted by Gasteiger charge is -2.08. The van der Waals surface area contributed by atoms with Crippen LogP contribution in [0.3, 0.4) is 0 Å². The summed E-state index contributed by atoms with van der Waals surface area (Å²) in [4.78, 5) is 25.1. The first-order valence-corrected chi connectivity index (χ1v) is 10.2. The number of carbonyl (C=O) groups excluding carboxylic acids is 2. The lowest BCUT2D eigenvalue weighted by atomic mass is 10.0. The summed E-state index contributed by atoms with van der Waals surface area (Å²) in [6.45, 7) is 0. The molecule has 4 rings (SSSR count). The van der Waals surface area contributed by atoms with E-state index in [-0.39, 0.29) is 11.6 Å². The molecule has 152 valence electrons. The first kappa shape index (κ1) is 20.9. The number of halogens is 2. The van der Waals surface area contributed by atoms with Crippen LogP contribution < -0.4 is 4.74 Å². The third-order valence-corrected chi connectivity index (χ3v) is 5.19. The number of ether oxygens (including phenoxy) is 1. The molecule has 0 unspecified atom stereocenters. The van der Waals surface area contributed by atoms with Gasteiger partial charge in [-0.25, -0.2) is 0 Å². The summed E-state index contributed by atoms with van der Waals surface area (Å²) in [5.41, 5.74) is 2.25. The number of ketones is 2. The van der Waals surface area contributed by atoms with Crippen molar-refractivity contribution in [2.24, 2.45) is 0 Å². The lowest BCUT2D eigenvalue weighted by molar-refractivity contribution is 0.103. The molecule has 0 bridgehead atoms. The molecule has 4 aromatic carbocycles. The van der Waals surface area contributed by atoms with Crippen molar-refractivity contribution >= 4 is 34.8 Å². The standard InChI is InChI=1S/C26H16Cl2O3/c27-21-9-1-17(2-10-21)25(29)19-5-13-23(14-6-19)31-24-15-7-20(8-16-24)26(30)18-3-11-22(28)12-4-18/h1-16H. The quantitative estimate of drug-likeness (QED) is 0.293. The summed E-state index contributed by atoms with van der Waals surface area (Å²) < 4.78 is 5.83. The van der Waals surface area contributed by atoms with Gasteiger partial charge in [-0.15, -0.1) is 0 Å². The van der Waals surface area contributed by atoms with E-state index in [1.54, 1.807) is 97.1 Å². The van der Waals surface area contributed by atoms with Crippen molar-refractivity contribution in [1.29, 1.82) is 0 Å². The lowest BCUT2D eigenvalue weighted by Crippen LogP contribution is -2.01. The van der Waals surface area contributed by atoms with Crippen LogP contribution in [0, 0.1) is 0 Å². The van der Waals surface area contributed by atoms with E-state index in [4.69, 9.17) is 27.9 Å². The Labute approximate surface area is 189 Å². The Hall–Kier alpha value is -3.40. The Morgan fingerprint density at radius 2 is 0.710 bits per heavy atom. The summed E-state index contributed by atoms with van der Waals surface area (Å²) in [6, 6.07) is 27.3. The molecule has 0 fully saturated rings. The molecule has 3 nitrogen and oxygen atoms in total. The van der Waals surface area contributed by atoms with Crippen LogP contribution in [-0.4, -0.2) is 11.6 Å². The van der Waals surface area contributed by atoms with Crippen LogP contribution in [0.15, 0.2) is 97.1 Å². The third-order valence-electron chi connectivity index (χ3n) is 4.68. The highest BCUT2D eigenvalue weighted by molar-refractivity contribution is 6.31. The SMILES string of the molecule is O=C(c1ccc(Cl)cc1)c1ccc(Oc2ccc(C(=O)c3ccc(Cl)cc3)cc2)cc1. The minimum Gasteiger partial charge on any atom is -0.457 e. The molecule has 0 atom stereocenters. The van der Waals surface area contributed by atoms with Crippen molar-refractivity contribution in [2.75, 3.05) is 0 Å². The molecule has 5 heteroatoms. The average Bonchev–Trinajstić information content (AvgIpc) is 2.80. The average molecular weight is 447 g/mol. The van der Waals surface area contributed by atoms with E-state index in [2.05, 4.69) is 0 Å². The molecular formula is C26H16Cl2O3. The zero-order valence-corrected chi connectivity index (χ0v) is 17.7. The molecule has 0 spiro atoms. The smallest absolute Gasteiger partial charge is 0.193 e. The zero-order valence-electron chi connectivity index (χ0n) is 16.2. The predicted octanol–water partition coefficient (Wildman–Crippen LogP) is 7.25. The maximum atomic E-state index is 12.5. The van der Waals surface area contributed by atoms with Gasteiger partial charge < -0.3 is 4.74 Å². The number of hydrogen-bond acceptors (Lipinski definition) is 3. The minimum atomic E-state index is -0.0896. The van der Waals surface area contributed by atoms with Crippen LogP contribution in [0.4, 0.5) is 0 Å². The Morgan fingerprint density at radius 1 is 0.452 bits per heavy atom. The molecule has 0 radical (unpaired) electrons. The molecule has 0 aromatic heterocycles. The van der Waals surface area contributed by atoms with Crippen LogP contribution in [0.5, 0.6) is 11.5 Å². The number of benzene rings is 4. The fourth-order valence-electron chi connectivity index (χ4n) is 3.02. The van der Waals surface area contributed by atoms with E-state index in [0.29, 0.717) is 43.8 Å². The van der Waals surface area contributed by atoms with Crippen molar-refractivity contribution in [3.05, 3.63) is 129 Å². The Balaban J connectivity index is 1.43. The molecule has 0 amide bonds. The van der Waals surface area contributed by atoms with Gasteiger partial charge in [-0.1, -0.05) is 23.2 Å². The molecule has 0 aliphatic rings. The Bertz CT molecular complexity index is 1110. The van der Waals surface area contributed by atoms with E-state index in [9.17, 15) is 9.59 Å². The summed E-state index contributed by atoms with van der Waals surface area (Å²) in [5, 5.41) is 1.17. The van der Waals surface area contributed by atoms with Crippen LogP contribution >= 0.6 is 23.2 Å². The van der Waals surface area contributed by atoms with Crippen molar-refractivity contribution in [3.63, 3.8) is 0 Å². The van der Waals surface area contributed by atoms with E-state index in [0.717, 1.165) is 0 Å². The first-order valence-electron chi connectivity index (χ1n) is 9.48. The van der Waals surface area contributed by atoms with E-state index in [1.165, 1.54) is 0 Å². The van der Waals surface area contributed by atoms with Crippen LogP contribution in [0.1, 0.15) is 31.8 Å². The third kappa shape index (κ3) is 5.02. The largest absolute Gasteiger partial charge is 0.457 e. The molecule has 31 heavy (non-hydrogen) atoms. The summed E-state index contributed by atoms with van der Waals surface area (Å²) >= 11 is 11.7. The van der Waals surface area contributed by atoms with Gasteiger partial charge in [-0.05, 0) is 97.1 Å². The highest BCUT2D eigenvalue weighted by Gasteiger charge is 2.11. The second kappa shape index (κ2) is 9.17. The first-order chi connectivity index (χ1) is 15.0. The van der Waals surface area contributed by atoms with Gasteiger partial charge >= 0.3 is 0 Å². The van der Waals surface area contributed by atoms with Gasteiger partial charge in [0.25, 0.3) is 0 Å². The fraction of sp³-hybridized carbons (Fsp3) is 0. The maximum Gasteiger partial charge on any atom is 0.193 e. The van der Waals surface area contributed by atoms with E-state index in [1.807, 2.05) is 0 Å². The maximum absolute atomic E-state index is 12.5. The molecule has 4 aromatic rings. The summed E-state index contributed by atoms with van der Waals surface area (Å²) in [7, 11) is 0. The van der Waals surface area contributed by atoms with Crippen molar-refractivity contribution in [2.45, 2.75) is 0 Å². The second-order valence-electron chi connectivity index (χ2n) is 6.82. The number of rotatable bonds is 6. The summed E-state index contributed by atoms with van der Waals surface area (Å²) in [5.74, 6) is 0.996. The molecule has 0 heterocycles. The van der Waals surface area contributed by atoms with Crippen LogP contribution in [0.2, 0.25) is 10.0 Å². The Morgan fingerprint density at radius 3 is 1.00 bits per heavy atom. The molecule has 0 N–H and O–H groups in total. The molecule has 0 saturated heterocycles. The molecule has 0 aliphatic carbocycles. The fourth-order valence-corrected chi connectivity index (χ4v) is 3.27. The topological polar surface area (TPSA) is 43.4 Å². The predicted molar refractivity (Wildman–Crippen MR) is 123 cm³/mol. The van der Waals surface area contributed by atoms with Gasteiger partial charge in [0.2, 0.25) is 0 Å². The van der Waals surface area contributed by atoms with Gasteiger partial charge in [0.15, 0.2) is 11.6 Å². The van der Waals surface area contributed by atoms with Gasteiger partial charge in [-0.3, -0.25) is 9.59 Å². The van der Waals surface area contributed by atoms with Crippen molar-refractivity contribution in [3.8, 4) is 11.5 Å². The van der Waals surface area contributed by atoms with Crippen LogP contribution in [-0.2, 0) is 0 Å². The summed E-state index contributed by atoms with van der Waals surface area (Å²) in [6.07, 6.45) is 0. The van der Waals surface area contributed by atoms with Gasteiger partial charge in [0.05, 0.1) is 0 Å². The molecular weight excluding hydrogens is 431 g/mol. The van der Waals surface area contributed by atoms with E-state index >= 15 is 0 Å². The second-order valence-corrected chi connectivity index (χ2v) is 7.70. The van der Waals surface area contributed by atoms with Crippen LogP contribution in [0.25, 0.3) is 0 Å². The minimum absolute atomic E-state index is 0.0896. The highest BCUT2D eigenvalue weighted by Crippen LogP contribution is 2.24. The zero-order chi connectivity index (χ0) is 21.8. The van der Waals surface area contributed by atoms with Crippen molar-refractivity contribution < 1.29 is 14.3 Å². The highest BCUT2D eigenvalue weighted by atomic mass is 35.5. The van der Waals surface area contributed by atoms with E-state index < -0.39 is 0 Å². The molecule has 0 aliphatic heterocycles. The Kier molecular flexibility index (Phi) is 6.17. The number of hydrogen-bond donors (Lipinski definition) is 0. The monoisotopic (exact) mass is 446 g/mol. The van der Waals surface area contributed by atoms with Crippen molar-refractivity contribution in [1.82, 2.24) is 0 Å². The van der Waals surface area contributed by atoms with Gasteiger partial charge in [-0.2, -0.15) is 0 Å². The van der Waals surface area contributed by atoms with Gasteiger partial charge in [0.1, 0.15) is 11.5 Å².